The molecule has 2 aromatic rings. The van der Waals surface area contributed by atoms with E-state index in [4.69, 9.17) is 0 Å². The van der Waals surface area contributed by atoms with Gasteiger partial charge in [0.15, 0.2) is 5.13 Å². The lowest BCUT2D eigenvalue weighted by molar-refractivity contribution is -0.142. The molecule has 0 unspecified atom stereocenters. The number of aromatic nitrogens is 2. The lowest BCUT2D eigenvalue weighted by Gasteiger charge is -2.18. The Morgan fingerprint density at radius 3 is 2.70 bits per heavy atom. The van der Waals surface area contributed by atoms with Crippen molar-refractivity contribution in [2.45, 2.75) is 26.2 Å². The van der Waals surface area contributed by atoms with Crippen LogP contribution in [-0.2, 0) is 10.2 Å². The van der Waals surface area contributed by atoms with Crippen molar-refractivity contribution in [1.82, 2.24) is 9.97 Å². The number of pyridine rings is 1. The highest BCUT2D eigenvalue weighted by molar-refractivity contribution is 7.19. The summed E-state index contributed by atoms with van der Waals surface area (Å²) in [6, 6.07) is 3.70. The summed E-state index contributed by atoms with van der Waals surface area (Å²) in [5.74, 6) is -0.890. The molecule has 0 aliphatic heterocycles. The number of hydrogen-bond donors (Lipinski definition) is 2. The van der Waals surface area contributed by atoms with Gasteiger partial charge in [0, 0.05) is 13.2 Å². The second-order valence-corrected chi connectivity index (χ2v) is 6.04. The number of nitrogens with one attached hydrogen (secondary N) is 1. The third-order valence-corrected chi connectivity index (χ3v) is 4.43. The largest absolute Gasteiger partial charge is 0.481 e. The van der Waals surface area contributed by atoms with Crippen molar-refractivity contribution in [3.05, 3.63) is 29.7 Å². The van der Waals surface area contributed by atoms with Crippen molar-refractivity contribution in [1.29, 1.82) is 0 Å². The van der Waals surface area contributed by atoms with E-state index in [2.05, 4.69) is 15.3 Å². The van der Waals surface area contributed by atoms with Gasteiger partial charge in [-0.3, -0.25) is 9.78 Å². The van der Waals surface area contributed by atoms with Crippen LogP contribution in [0.5, 0.6) is 0 Å². The maximum atomic E-state index is 11.3. The van der Waals surface area contributed by atoms with Crippen LogP contribution in [0.1, 0.15) is 25.2 Å². The number of carbonyl (C=O) groups is 1. The van der Waals surface area contributed by atoms with Gasteiger partial charge in [0.1, 0.15) is 5.41 Å². The van der Waals surface area contributed by atoms with Crippen LogP contribution < -0.4 is 5.32 Å². The molecule has 2 aromatic heterocycles. The van der Waals surface area contributed by atoms with E-state index in [-0.39, 0.29) is 0 Å². The maximum absolute atomic E-state index is 11.3. The summed E-state index contributed by atoms with van der Waals surface area (Å²) in [6.45, 7) is 5.25. The van der Waals surface area contributed by atoms with Crippen molar-refractivity contribution in [3.8, 4) is 10.4 Å². The Morgan fingerprint density at radius 2 is 2.15 bits per heavy atom. The SMILES string of the molecule is CNc1nc(C)c(-c2ccnc(C(C)(C)C(=O)O)c2)s1. The van der Waals surface area contributed by atoms with Crippen LogP contribution in [0, 0.1) is 6.92 Å². The van der Waals surface area contributed by atoms with Gasteiger partial charge in [-0.25, -0.2) is 4.98 Å². The van der Waals surface area contributed by atoms with Gasteiger partial charge in [0.2, 0.25) is 0 Å². The van der Waals surface area contributed by atoms with Gasteiger partial charge in [-0.2, -0.15) is 0 Å². The highest BCUT2D eigenvalue weighted by atomic mass is 32.1. The minimum absolute atomic E-state index is 0.543. The predicted octanol–water partition coefficient (Wildman–Crippen LogP) is 2.92. The Kier molecular flexibility index (Phi) is 3.76. The Bertz CT molecular complexity index is 650. The van der Waals surface area contributed by atoms with Crippen LogP contribution in [0.4, 0.5) is 5.13 Å². The number of hydrogen-bond acceptors (Lipinski definition) is 5. The first-order valence-electron chi connectivity index (χ1n) is 6.21. The van der Waals surface area contributed by atoms with Crippen LogP contribution in [-0.4, -0.2) is 28.1 Å². The standard InChI is InChI=1S/C14H17N3O2S/c1-8-11(20-13(15-4)17-8)9-5-6-16-10(7-9)14(2,3)12(18)19/h5-7H,1-4H3,(H,15,17)(H,18,19). The zero-order chi connectivity index (χ0) is 14.9. The molecule has 20 heavy (non-hydrogen) atoms. The molecule has 0 aliphatic rings. The van der Waals surface area contributed by atoms with E-state index in [0.29, 0.717) is 5.69 Å². The number of aryl methyl sites for hydroxylation is 1. The highest BCUT2D eigenvalue weighted by Crippen LogP contribution is 2.34. The molecule has 0 aliphatic carbocycles. The van der Waals surface area contributed by atoms with Gasteiger partial charge in [-0.15, -0.1) is 0 Å². The fraction of sp³-hybridized carbons (Fsp3) is 0.357. The molecule has 0 aromatic carbocycles. The zero-order valence-electron chi connectivity index (χ0n) is 11.9. The molecule has 0 amide bonds. The van der Waals surface area contributed by atoms with Crippen molar-refractivity contribution in [3.63, 3.8) is 0 Å². The van der Waals surface area contributed by atoms with Gasteiger partial charge in [-0.1, -0.05) is 11.3 Å². The van der Waals surface area contributed by atoms with Crippen LogP contribution in [0.2, 0.25) is 0 Å². The summed E-state index contributed by atoms with van der Waals surface area (Å²) in [5.41, 5.74) is 1.40. The van der Waals surface area contributed by atoms with E-state index in [9.17, 15) is 9.90 Å². The Hall–Kier alpha value is -1.95. The molecule has 0 fully saturated rings. The fourth-order valence-electron chi connectivity index (χ4n) is 1.79. The van der Waals surface area contributed by atoms with Crippen LogP contribution >= 0.6 is 11.3 Å². The van der Waals surface area contributed by atoms with Crippen molar-refractivity contribution in [2.24, 2.45) is 0 Å². The summed E-state index contributed by atoms with van der Waals surface area (Å²) in [7, 11) is 1.83. The molecule has 2 rings (SSSR count). The smallest absolute Gasteiger partial charge is 0.315 e. The zero-order valence-corrected chi connectivity index (χ0v) is 12.7. The average molecular weight is 291 g/mol. The number of thiazole rings is 1. The molecule has 0 saturated heterocycles. The maximum Gasteiger partial charge on any atom is 0.315 e. The summed E-state index contributed by atoms with van der Waals surface area (Å²) < 4.78 is 0. The predicted molar refractivity (Wildman–Crippen MR) is 80.3 cm³/mol. The number of carboxylic acids is 1. The van der Waals surface area contributed by atoms with Crippen molar-refractivity contribution < 1.29 is 9.90 Å². The first-order valence-corrected chi connectivity index (χ1v) is 7.03. The minimum atomic E-state index is -1.01. The fourth-order valence-corrected chi connectivity index (χ4v) is 2.71. The van der Waals surface area contributed by atoms with Crippen LogP contribution in [0.3, 0.4) is 0 Å². The first-order chi connectivity index (χ1) is 9.36. The first kappa shape index (κ1) is 14.5. The summed E-state index contributed by atoms with van der Waals surface area (Å²) >= 11 is 1.54. The monoisotopic (exact) mass is 291 g/mol. The lowest BCUT2D eigenvalue weighted by Crippen LogP contribution is -2.29. The summed E-state index contributed by atoms with van der Waals surface area (Å²) in [4.78, 5) is 21.0. The molecule has 0 radical (unpaired) electrons. The van der Waals surface area contributed by atoms with E-state index >= 15 is 0 Å². The van der Waals surface area contributed by atoms with Gasteiger partial charge in [0.25, 0.3) is 0 Å². The van der Waals surface area contributed by atoms with Gasteiger partial charge < -0.3 is 10.4 Å². The normalized spacial score (nSPS) is 11.4. The van der Waals surface area contributed by atoms with E-state index in [0.717, 1.165) is 21.3 Å². The summed E-state index contributed by atoms with van der Waals surface area (Å²) in [6.07, 6.45) is 1.65. The molecule has 0 saturated carbocycles. The van der Waals surface area contributed by atoms with E-state index in [1.165, 1.54) is 0 Å². The second-order valence-electron chi connectivity index (χ2n) is 5.04. The third kappa shape index (κ3) is 2.51. The second kappa shape index (κ2) is 5.20. The molecule has 2 N–H and O–H groups in total. The van der Waals surface area contributed by atoms with Gasteiger partial charge in [0.05, 0.1) is 16.3 Å². The number of carboxylic acid groups (broad SMARTS) is 1. The van der Waals surface area contributed by atoms with Crippen molar-refractivity contribution in [2.75, 3.05) is 12.4 Å². The Morgan fingerprint density at radius 1 is 1.45 bits per heavy atom. The molecule has 106 valence electrons. The minimum Gasteiger partial charge on any atom is -0.481 e. The average Bonchev–Trinajstić information content (AvgIpc) is 2.80. The molecule has 6 heteroatoms. The van der Waals surface area contributed by atoms with Gasteiger partial charge >= 0.3 is 5.97 Å². The number of aliphatic carboxylic acids is 1. The molecule has 2 heterocycles. The summed E-state index contributed by atoms with van der Waals surface area (Å²) in [5, 5.41) is 13.2. The third-order valence-electron chi connectivity index (χ3n) is 3.21. The van der Waals surface area contributed by atoms with Crippen LogP contribution in [0.15, 0.2) is 18.3 Å². The number of rotatable bonds is 4. The molecular formula is C14H17N3O2S. The van der Waals surface area contributed by atoms with Gasteiger partial charge in [-0.05, 0) is 38.5 Å². The van der Waals surface area contributed by atoms with Crippen molar-refractivity contribution >= 4 is 22.4 Å². The van der Waals surface area contributed by atoms with E-state index in [1.807, 2.05) is 26.1 Å². The Balaban J connectivity index is 2.49. The highest BCUT2D eigenvalue weighted by Gasteiger charge is 2.31. The molecule has 0 atom stereocenters. The molecule has 0 spiro atoms. The van der Waals surface area contributed by atoms with E-state index in [1.54, 1.807) is 31.4 Å². The number of nitrogens with zero attached hydrogens (tertiary/aromatic N) is 2. The van der Waals surface area contributed by atoms with E-state index < -0.39 is 11.4 Å². The van der Waals surface area contributed by atoms with Crippen LogP contribution in [0.25, 0.3) is 10.4 Å². The molecular weight excluding hydrogens is 274 g/mol. The lowest BCUT2D eigenvalue weighted by atomic mass is 9.88. The quantitative estimate of drug-likeness (QED) is 0.906. The topological polar surface area (TPSA) is 75.1 Å². The Labute approximate surface area is 121 Å². The molecule has 0 bridgehead atoms. The number of anilines is 1. The molecule has 5 nitrogen and oxygen atoms in total.